The van der Waals surface area contributed by atoms with Gasteiger partial charge in [-0.25, -0.2) is 9.97 Å². The van der Waals surface area contributed by atoms with E-state index in [1.807, 2.05) is 12.1 Å². The lowest BCUT2D eigenvalue weighted by atomic mass is 9.96. The number of halogens is 1. The Hall–Kier alpha value is -2.34. The minimum atomic E-state index is -0.0202. The van der Waals surface area contributed by atoms with Crippen molar-refractivity contribution in [3.05, 3.63) is 41.7 Å². The Balaban J connectivity index is 1.30. The molecule has 1 aromatic heterocycles. The number of carbonyl (C=O) groups excluding carboxylic acids is 1. The van der Waals surface area contributed by atoms with Gasteiger partial charge in [-0.05, 0) is 62.8 Å². The number of carbonyl (C=O) groups is 1. The first-order valence-electron chi connectivity index (χ1n) is 9.98. The molecule has 0 spiro atoms. The van der Waals surface area contributed by atoms with Crippen LogP contribution in [0.3, 0.4) is 0 Å². The monoisotopic (exact) mass is 400 g/mol. The lowest BCUT2D eigenvalue weighted by molar-refractivity contribution is -0.120. The Morgan fingerprint density at radius 3 is 2.50 bits per heavy atom. The summed E-state index contributed by atoms with van der Waals surface area (Å²) < 4.78 is 5.97. The number of rotatable bonds is 5. The van der Waals surface area contributed by atoms with Gasteiger partial charge in [0.2, 0.25) is 11.9 Å². The van der Waals surface area contributed by atoms with E-state index in [2.05, 4.69) is 20.2 Å². The molecule has 1 aliphatic heterocycles. The number of nitrogens with zero attached hydrogens (tertiary/aromatic N) is 3. The molecule has 4 rings (SSSR count). The average Bonchev–Trinajstić information content (AvgIpc) is 3.24. The summed E-state index contributed by atoms with van der Waals surface area (Å²) in [4.78, 5) is 23.3. The molecule has 1 amide bonds. The second kappa shape index (κ2) is 8.78. The standard InChI is InChI=1S/C21H25ClN4O2/c22-18-14-16(6-7-19(18)28-17-4-1-2-5-17)25-20(27)15-8-12-26(13-9-15)21-23-10-3-11-24-21/h3,6-7,10-11,14-15,17H,1-2,4-5,8-9,12-13H2,(H,25,27). The van der Waals surface area contributed by atoms with Crippen molar-refractivity contribution in [3.8, 4) is 5.75 Å². The van der Waals surface area contributed by atoms with Crippen LogP contribution in [0.5, 0.6) is 5.75 Å². The first-order chi connectivity index (χ1) is 13.7. The summed E-state index contributed by atoms with van der Waals surface area (Å²) in [6.45, 7) is 1.55. The molecule has 1 saturated carbocycles. The summed E-state index contributed by atoms with van der Waals surface area (Å²) in [6, 6.07) is 7.29. The van der Waals surface area contributed by atoms with Gasteiger partial charge in [0.15, 0.2) is 0 Å². The van der Waals surface area contributed by atoms with Crippen LogP contribution >= 0.6 is 11.6 Å². The molecule has 1 aliphatic carbocycles. The Labute approximate surface area is 170 Å². The van der Waals surface area contributed by atoms with Crippen LogP contribution in [-0.4, -0.2) is 35.1 Å². The molecular weight excluding hydrogens is 376 g/mol. The fraction of sp³-hybridized carbons (Fsp3) is 0.476. The van der Waals surface area contributed by atoms with Crippen molar-refractivity contribution in [3.63, 3.8) is 0 Å². The highest BCUT2D eigenvalue weighted by molar-refractivity contribution is 6.32. The normalized spacial score (nSPS) is 18.2. The number of nitrogens with one attached hydrogen (secondary N) is 1. The van der Waals surface area contributed by atoms with Gasteiger partial charge in [0.1, 0.15) is 5.75 Å². The molecule has 148 valence electrons. The predicted octanol–water partition coefficient (Wildman–Crippen LogP) is 4.31. The summed E-state index contributed by atoms with van der Waals surface area (Å²) in [5.74, 6) is 1.44. The van der Waals surface area contributed by atoms with Crippen LogP contribution in [0, 0.1) is 5.92 Å². The molecule has 0 atom stereocenters. The molecule has 7 heteroatoms. The Morgan fingerprint density at radius 1 is 1.11 bits per heavy atom. The first-order valence-corrected chi connectivity index (χ1v) is 10.4. The molecule has 0 unspecified atom stereocenters. The highest BCUT2D eigenvalue weighted by atomic mass is 35.5. The number of piperidine rings is 1. The summed E-state index contributed by atoms with van der Waals surface area (Å²) in [5.41, 5.74) is 0.711. The van der Waals surface area contributed by atoms with Crippen molar-refractivity contribution in [1.82, 2.24) is 9.97 Å². The SMILES string of the molecule is O=C(Nc1ccc(OC2CCCC2)c(Cl)c1)C1CCN(c2ncccn2)CC1. The molecule has 2 heterocycles. The van der Waals surface area contributed by atoms with Crippen molar-refractivity contribution in [1.29, 1.82) is 0 Å². The van der Waals surface area contributed by atoms with Gasteiger partial charge in [0, 0.05) is 37.1 Å². The molecule has 1 saturated heterocycles. The van der Waals surface area contributed by atoms with E-state index >= 15 is 0 Å². The lowest BCUT2D eigenvalue weighted by Gasteiger charge is -2.31. The zero-order chi connectivity index (χ0) is 19.3. The fourth-order valence-corrected chi connectivity index (χ4v) is 4.13. The molecule has 2 aromatic rings. The van der Waals surface area contributed by atoms with Crippen LogP contribution in [0.4, 0.5) is 11.6 Å². The number of amides is 1. The zero-order valence-corrected chi connectivity index (χ0v) is 16.6. The Kier molecular flexibility index (Phi) is 5.95. The molecule has 1 N–H and O–H groups in total. The van der Waals surface area contributed by atoms with E-state index in [0.717, 1.165) is 44.7 Å². The molecule has 2 fully saturated rings. The van der Waals surface area contributed by atoms with Crippen LogP contribution in [0.1, 0.15) is 38.5 Å². The van der Waals surface area contributed by atoms with Crippen LogP contribution in [0.25, 0.3) is 0 Å². The maximum absolute atomic E-state index is 12.7. The number of aromatic nitrogens is 2. The topological polar surface area (TPSA) is 67.3 Å². The molecule has 28 heavy (non-hydrogen) atoms. The Bertz CT molecular complexity index is 803. The van der Waals surface area contributed by atoms with Crippen molar-refractivity contribution >= 4 is 29.1 Å². The van der Waals surface area contributed by atoms with Crippen molar-refractivity contribution < 1.29 is 9.53 Å². The molecule has 6 nitrogen and oxygen atoms in total. The summed E-state index contributed by atoms with van der Waals surface area (Å²) in [5, 5.41) is 3.54. The van der Waals surface area contributed by atoms with E-state index in [1.54, 1.807) is 24.5 Å². The summed E-state index contributed by atoms with van der Waals surface area (Å²) in [7, 11) is 0. The summed E-state index contributed by atoms with van der Waals surface area (Å²) >= 11 is 6.37. The van der Waals surface area contributed by atoms with Gasteiger partial charge >= 0.3 is 0 Å². The van der Waals surface area contributed by atoms with Crippen molar-refractivity contribution in [2.24, 2.45) is 5.92 Å². The minimum absolute atomic E-state index is 0.0202. The average molecular weight is 401 g/mol. The lowest BCUT2D eigenvalue weighted by Crippen LogP contribution is -2.39. The highest BCUT2D eigenvalue weighted by Crippen LogP contribution is 2.32. The second-order valence-corrected chi connectivity index (χ2v) is 7.88. The van der Waals surface area contributed by atoms with E-state index in [9.17, 15) is 4.79 Å². The quantitative estimate of drug-likeness (QED) is 0.810. The number of ether oxygens (including phenoxy) is 1. The third-order valence-corrected chi connectivity index (χ3v) is 5.79. The largest absolute Gasteiger partial charge is 0.489 e. The zero-order valence-electron chi connectivity index (χ0n) is 15.8. The number of anilines is 2. The van der Waals surface area contributed by atoms with Crippen LogP contribution < -0.4 is 15.0 Å². The molecule has 2 aliphatic rings. The van der Waals surface area contributed by atoms with Crippen molar-refractivity contribution in [2.45, 2.75) is 44.6 Å². The van der Waals surface area contributed by atoms with Crippen LogP contribution in [-0.2, 0) is 4.79 Å². The van der Waals surface area contributed by atoms with Gasteiger partial charge in [-0.3, -0.25) is 4.79 Å². The van der Waals surface area contributed by atoms with Gasteiger partial charge < -0.3 is 15.0 Å². The molecular formula is C21H25ClN4O2. The molecule has 1 aromatic carbocycles. The first kappa shape index (κ1) is 19.0. The van der Waals surface area contributed by atoms with E-state index in [4.69, 9.17) is 16.3 Å². The third kappa shape index (κ3) is 4.55. The minimum Gasteiger partial charge on any atom is -0.489 e. The maximum Gasteiger partial charge on any atom is 0.227 e. The predicted molar refractivity (Wildman–Crippen MR) is 110 cm³/mol. The Morgan fingerprint density at radius 2 is 1.82 bits per heavy atom. The maximum atomic E-state index is 12.7. The third-order valence-electron chi connectivity index (χ3n) is 5.50. The fourth-order valence-electron chi connectivity index (χ4n) is 3.90. The van der Waals surface area contributed by atoms with Crippen molar-refractivity contribution in [2.75, 3.05) is 23.3 Å². The highest BCUT2D eigenvalue weighted by Gasteiger charge is 2.26. The van der Waals surface area contributed by atoms with Gasteiger partial charge in [-0.15, -0.1) is 0 Å². The second-order valence-electron chi connectivity index (χ2n) is 7.47. The number of benzene rings is 1. The van der Waals surface area contributed by atoms with E-state index in [-0.39, 0.29) is 17.9 Å². The molecule has 0 bridgehead atoms. The van der Waals surface area contributed by atoms with Crippen LogP contribution in [0.15, 0.2) is 36.7 Å². The smallest absolute Gasteiger partial charge is 0.227 e. The van der Waals surface area contributed by atoms with Gasteiger partial charge in [0.05, 0.1) is 11.1 Å². The number of hydrogen-bond donors (Lipinski definition) is 1. The number of hydrogen-bond acceptors (Lipinski definition) is 5. The molecule has 0 radical (unpaired) electrons. The van der Waals surface area contributed by atoms with Gasteiger partial charge in [-0.1, -0.05) is 11.6 Å². The van der Waals surface area contributed by atoms with Gasteiger partial charge in [-0.2, -0.15) is 0 Å². The van der Waals surface area contributed by atoms with E-state index in [0.29, 0.717) is 16.5 Å². The van der Waals surface area contributed by atoms with E-state index < -0.39 is 0 Å². The van der Waals surface area contributed by atoms with Gasteiger partial charge in [0.25, 0.3) is 0 Å². The van der Waals surface area contributed by atoms with E-state index in [1.165, 1.54) is 12.8 Å². The summed E-state index contributed by atoms with van der Waals surface area (Å²) in [6.07, 6.45) is 9.90. The van der Waals surface area contributed by atoms with Crippen LogP contribution in [0.2, 0.25) is 5.02 Å².